The maximum Gasteiger partial charge on any atom is 0.171 e. The zero-order valence-corrected chi connectivity index (χ0v) is 16.9. The molecule has 27 heavy (non-hydrogen) atoms. The monoisotopic (exact) mass is 374 g/mol. The van der Waals surface area contributed by atoms with Crippen LogP contribution in [0.25, 0.3) is 11.1 Å². The molecular weight excluding hydrogens is 348 g/mol. The number of thiocarbonyl (C=S) groups is 1. The van der Waals surface area contributed by atoms with Gasteiger partial charge in [0.25, 0.3) is 0 Å². The third-order valence-corrected chi connectivity index (χ3v) is 4.92. The first-order valence-electron chi connectivity index (χ1n) is 9.36. The van der Waals surface area contributed by atoms with Crippen LogP contribution in [-0.2, 0) is 0 Å². The highest BCUT2D eigenvalue weighted by molar-refractivity contribution is 7.80. The molecule has 0 aromatic heterocycles. The summed E-state index contributed by atoms with van der Waals surface area (Å²) in [5.41, 5.74) is 5.98. The van der Waals surface area contributed by atoms with Crippen molar-refractivity contribution < 1.29 is 0 Å². The lowest BCUT2D eigenvalue weighted by Gasteiger charge is -2.18. The second-order valence-corrected chi connectivity index (χ2v) is 7.49. The Hall–Kier alpha value is -2.65. The van der Waals surface area contributed by atoms with Crippen molar-refractivity contribution in [2.75, 3.05) is 5.32 Å². The smallest absolute Gasteiger partial charge is 0.171 e. The van der Waals surface area contributed by atoms with E-state index in [1.54, 1.807) is 0 Å². The van der Waals surface area contributed by atoms with Crippen LogP contribution >= 0.6 is 12.2 Å². The quantitative estimate of drug-likeness (QED) is 0.497. The number of benzene rings is 3. The molecule has 138 valence electrons. The van der Waals surface area contributed by atoms with E-state index in [1.165, 1.54) is 22.3 Å². The minimum absolute atomic E-state index is 0.129. The molecule has 0 bridgehead atoms. The maximum atomic E-state index is 5.48. The normalized spacial score (nSPS) is 11.9. The van der Waals surface area contributed by atoms with Gasteiger partial charge in [-0.15, -0.1) is 0 Å². The van der Waals surface area contributed by atoms with E-state index in [0.29, 0.717) is 11.0 Å². The largest absolute Gasteiger partial charge is 0.356 e. The predicted octanol–water partition coefficient (Wildman–Crippen LogP) is 6.52. The van der Waals surface area contributed by atoms with Crippen LogP contribution in [0.4, 0.5) is 5.69 Å². The summed E-state index contributed by atoms with van der Waals surface area (Å²) in [6.45, 7) is 6.51. The van der Waals surface area contributed by atoms with Gasteiger partial charge in [0.15, 0.2) is 5.11 Å². The van der Waals surface area contributed by atoms with Gasteiger partial charge < -0.3 is 10.6 Å². The maximum absolute atomic E-state index is 5.48. The Morgan fingerprint density at radius 1 is 0.704 bits per heavy atom. The summed E-state index contributed by atoms with van der Waals surface area (Å²) in [5.74, 6) is 0.531. The van der Waals surface area contributed by atoms with Crippen molar-refractivity contribution in [3.8, 4) is 11.1 Å². The van der Waals surface area contributed by atoms with Crippen LogP contribution in [0.15, 0.2) is 78.9 Å². The summed E-state index contributed by atoms with van der Waals surface area (Å²) in [4.78, 5) is 0. The topological polar surface area (TPSA) is 24.1 Å². The third kappa shape index (κ3) is 5.18. The first-order valence-corrected chi connectivity index (χ1v) is 9.76. The van der Waals surface area contributed by atoms with E-state index in [1.807, 2.05) is 6.07 Å². The molecule has 2 nitrogen and oxygen atoms in total. The fourth-order valence-corrected chi connectivity index (χ4v) is 3.29. The summed E-state index contributed by atoms with van der Waals surface area (Å²) >= 11 is 5.48. The van der Waals surface area contributed by atoms with Crippen molar-refractivity contribution in [2.24, 2.45) is 0 Å². The Bertz CT molecular complexity index is 869. The highest BCUT2D eigenvalue weighted by atomic mass is 32.1. The Labute approximate surface area is 167 Å². The van der Waals surface area contributed by atoms with E-state index in [0.717, 1.165) is 5.69 Å². The van der Waals surface area contributed by atoms with Gasteiger partial charge in [0, 0.05) is 5.69 Å². The van der Waals surface area contributed by atoms with Crippen LogP contribution in [0.1, 0.15) is 43.9 Å². The molecule has 0 aliphatic heterocycles. The first-order chi connectivity index (χ1) is 13.0. The van der Waals surface area contributed by atoms with E-state index in [2.05, 4.69) is 104 Å². The van der Waals surface area contributed by atoms with Gasteiger partial charge in [-0.1, -0.05) is 80.6 Å². The number of hydrogen-bond donors (Lipinski definition) is 2. The molecule has 0 saturated carbocycles. The van der Waals surface area contributed by atoms with Crippen LogP contribution < -0.4 is 10.6 Å². The number of hydrogen-bond acceptors (Lipinski definition) is 1. The van der Waals surface area contributed by atoms with Gasteiger partial charge in [-0.3, -0.25) is 0 Å². The van der Waals surface area contributed by atoms with Crippen molar-refractivity contribution in [1.29, 1.82) is 0 Å². The highest BCUT2D eigenvalue weighted by Crippen LogP contribution is 2.22. The summed E-state index contributed by atoms with van der Waals surface area (Å²) < 4.78 is 0. The summed E-state index contributed by atoms with van der Waals surface area (Å²) in [6.07, 6.45) is 0. The summed E-state index contributed by atoms with van der Waals surface area (Å²) in [5, 5.41) is 7.26. The van der Waals surface area contributed by atoms with Crippen LogP contribution in [0.5, 0.6) is 0 Å². The average molecular weight is 375 g/mol. The van der Waals surface area contributed by atoms with Crippen molar-refractivity contribution in [2.45, 2.75) is 32.7 Å². The summed E-state index contributed by atoms with van der Waals surface area (Å²) in [7, 11) is 0. The van der Waals surface area contributed by atoms with E-state index in [-0.39, 0.29) is 6.04 Å². The van der Waals surface area contributed by atoms with Gasteiger partial charge in [0.2, 0.25) is 0 Å². The number of anilines is 1. The standard InChI is InChI=1S/C24H26N2S/c1-17(2)19-13-15-23(16-14-19)26-24(27)25-18(3)20-9-11-22(12-10-20)21-7-5-4-6-8-21/h4-18H,1-3H3,(H2,25,26,27)/t18-/m0/s1. The summed E-state index contributed by atoms with van der Waals surface area (Å²) in [6, 6.07) is 27.6. The van der Waals surface area contributed by atoms with Crippen LogP contribution in [-0.4, -0.2) is 5.11 Å². The van der Waals surface area contributed by atoms with Gasteiger partial charge in [0.05, 0.1) is 6.04 Å². The molecule has 3 aromatic carbocycles. The molecule has 0 fully saturated rings. The molecule has 3 heteroatoms. The Morgan fingerprint density at radius 3 is 1.85 bits per heavy atom. The van der Waals surface area contributed by atoms with E-state index in [9.17, 15) is 0 Å². The zero-order valence-electron chi connectivity index (χ0n) is 16.1. The van der Waals surface area contributed by atoms with Gasteiger partial charge in [-0.2, -0.15) is 0 Å². The SMILES string of the molecule is CC(C)c1ccc(NC(=S)N[C@@H](C)c2ccc(-c3ccccc3)cc2)cc1. The number of rotatable bonds is 5. The molecule has 0 saturated heterocycles. The van der Waals surface area contributed by atoms with Gasteiger partial charge >= 0.3 is 0 Å². The molecule has 0 aliphatic carbocycles. The lowest BCUT2D eigenvalue weighted by atomic mass is 10.0. The lowest BCUT2D eigenvalue weighted by molar-refractivity contribution is 0.723. The van der Waals surface area contributed by atoms with Gasteiger partial charge in [0.1, 0.15) is 0 Å². The minimum Gasteiger partial charge on any atom is -0.356 e. The van der Waals surface area contributed by atoms with Crippen molar-refractivity contribution in [3.05, 3.63) is 90.0 Å². The van der Waals surface area contributed by atoms with E-state index < -0.39 is 0 Å². The molecular formula is C24H26N2S. The van der Waals surface area contributed by atoms with E-state index >= 15 is 0 Å². The molecule has 3 rings (SSSR count). The number of nitrogens with one attached hydrogen (secondary N) is 2. The van der Waals surface area contributed by atoms with Crippen molar-refractivity contribution >= 4 is 23.0 Å². The van der Waals surface area contributed by atoms with Crippen molar-refractivity contribution in [3.63, 3.8) is 0 Å². The van der Waals surface area contributed by atoms with Crippen molar-refractivity contribution in [1.82, 2.24) is 5.32 Å². The molecule has 0 aliphatic rings. The van der Waals surface area contributed by atoms with Gasteiger partial charge in [-0.05, 0) is 59.4 Å². The molecule has 1 atom stereocenters. The fourth-order valence-electron chi connectivity index (χ4n) is 2.99. The fraction of sp³-hybridized carbons (Fsp3) is 0.208. The Balaban J connectivity index is 1.59. The molecule has 0 spiro atoms. The van der Waals surface area contributed by atoms with Crippen LogP contribution in [0.3, 0.4) is 0 Å². The molecule has 2 N–H and O–H groups in total. The third-order valence-electron chi connectivity index (χ3n) is 4.70. The lowest BCUT2D eigenvalue weighted by Crippen LogP contribution is -2.30. The van der Waals surface area contributed by atoms with Crippen LogP contribution in [0, 0.1) is 0 Å². The Morgan fingerprint density at radius 2 is 1.26 bits per heavy atom. The molecule has 3 aromatic rings. The second-order valence-electron chi connectivity index (χ2n) is 7.08. The second kappa shape index (κ2) is 8.83. The first kappa shape index (κ1) is 19.1. The zero-order chi connectivity index (χ0) is 19.2. The average Bonchev–Trinajstić information content (AvgIpc) is 2.69. The molecule has 0 amide bonds. The molecule has 0 unspecified atom stereocenters. The molecule has 0 heterocycles. The van der Waals surface area contributed by atoms with E-state index in [4.69, 9.17) is 12.2 Å². The molecule has 0 radical (unpaired) electrons. The van der Waals surface area contributed by atoms with Gasteiger partial charge in [-0.25, -0.2) is 0 Å². The van der Waals surface area contributed by atoms with Crippen LogP contribution in [0.2, 0.25) is 0 Å². The predicted molar refractivity (Wildman–Crippen MR) is 120 cm³/mol. The minimum atomic E-state index is 0.129. The Kier molecular flexibility index (Phi) is 6.25. The highest BCUT2D eigenvalue weighted by Gasteiger charge is 2.08.